The number of hydrogen-bond acceptors (Lipinski definition) is 2. The molecular weight excluding hydrogens is 178 g/mol. The molecule has 0 aliphatic carbocycles. The maximum Gasteiger partial charge on any atom is 0.327 e. The molecule has 4 nitrogen and oxygen atoms in total. The lowest BCUT2D eigenvalue weighted by molar-refractivity contribution is 0.241. The summed E-state index contributed by atoms with van der Waals surface area (Å²) in [5, 5.41) is 2.82. The molecule has 1 amide bonds. The first-order valence-corrected chi connectivity index (χ1v) is 5.02. The second kappa shape index (κ2) is 4.79. The van der Waals surface area contributed by atoms with Crippen molar-refractivity contribution >= 4 is 6.03 Å². The van der Waals surface area contributed by atoms with E-state index in [1.165, 1.54) is 0 Å². The van der Waals surface area contributed by atoms with Crippen LogP contribution in [-0.4, -0.2) is 22.1 Å². The van der Waals surface area contributed by atoms with Gasteiger partial charge in [-0.15, -0.1) is 0 Å². The Morgan fingerprint density at radius 2 is 2.29 bits per heavy atom. The molecule has 0 spiro atoms. The number of rotatable bonds is 3. The van der Waals surface area contributed by atoms with Crippen molar-refractivity contribution in [2.24, 2.45) is 0 Å². The molecule has 1 aromatic heterocycles. The van der Waals surface area contributed by atoms with Crippen LogP contribution in [0.3, 0.4) is 0 Å². The molecule has 0 fully saturated rings. The lowest BCUT2D eigenvalue weighted by atomic mass is 10.4. The molecule has 1 aromatic rings. The monoisotopic (exact) mass is 195 g/mol. The van der Waals surface area contributed by atoms with Crippen molar-refractivity contribution in [3.05, 3.63) is 17.7 Å². The van der Waals surface area contributed by atoms with Crippen molar-refractivity contribution in [3.63, 3.8) is 0 Å². The fourth-order valence-corrected chi connectivity index (χ4v) is 1.29. The minimum atomic E-state index is -0.0794. The average molecular weight is 195 g/mol. The number of nitrogens with one attached hydrogen (secondary N) is 1. The van der Waals surface area contributed by atoms with Crippen LogP contribution in [0, 0.1) is 6.92 Å². The Morgan fingerprint density at radius 3 is 2.86 bits per heavy atom. The SMILES string of the molecule is CCCNC(=O)n1cc(C)nc1CC. The van der Waals surface area contributed by atoms with Crippen LogP contribution in [0.25, 0.3) is 0 Å². The topological polar surface area (TPSA) is 46.9 Å². The zero-order valence-electron chi connectivity index (χ0n) is 9.00. The zero-order chi connectivity index (χ0) is 10.6. The van der Waals surface area contributed by atoms with Crippen molar-refractivity contribution in [1.29, 1.82) is 0 Å². The molecular formula is C10H17N3O. The van der Waals surface area contributed by atoms with E-state index in [4.69, 9.17) is 0 Å². The van der Waals surface area contributed by atoms with Crippen molar-refractivity contribution < 1.29 is 4.79 Å². The van der Waals surface area contributed by atoms with Gasteiger partial charge < -0.3 is 5.32 Å². The summed E-state index contributed by atoms with van der Waals surface area (Å²) in [7, 11) is 0. The molecule has 0 saturated carbocycles. The summed E-state index contributed by atoms with van der Waals surface area (Å²) in [6, 6.07) is -0.0794. The lowest BCUT2D eigenvalue weighted by Gasteiger charge is -2.05. The largest absolute Gasteiger partial charge is 0.337 e. The van der Waals surface area contributed by atoms with Crippen molar-refractivity contribution in [2.75, 3.05) is 6.54 Å². The summed E-state index contributed by atoms with van der Waals surface area (Å²) in [5.41, 5.74) is 0.883. The average Bonchev–Trinajstić information content (AvgIpc) is 2.56. The Labute approximate surface area is 84.3 Å². The molecule has 14 heavy (non-hydrogen) atoms. The van der Waals surface area contributed by atoms with E-state index < -0.39 is 0 Å². The fourth-order valence-electron chi connectivity index (χ4n) is 1.29. The molecule has 0 radical (unpaired) electrons. The summed E-state index contributed by atoms with van der Waals surface area (Å²) in [4.78, 5) is 15.9. The van der Waals surface area contributed by atoms with Crippen LogP contribution in [0.5, 0.6) is 0 Å². The Morgan fingerprint density at radius 1 is 1.57 bits per heavy atom. The van der Waals surface area contributed by atoms with Crippen molar-refractivity contribution in [2.45, 2.75) is 33.6 Å². The van der Waals surface area contributed by atoms with Gasteiger partial charge in [-0.2, -0.15) is 0 Å². The highest BCUT2D eigenvalue weighted by molar-refractivity contribution is 5.77. The van der Waals surface area contributed by atoms with Gasteiger partial charge >= 0.3 is 6.03 Å². The normalized spacial score (nSPS) is 10.2. The van der Waals surface area contributed by atoms with Crippen LogP contribution < -0.4 is 5.32 Å². The van der Waals surface area contributed by atoms with E-state index in [2.05, 4.69) is 10.3 Å². The summed E-state index contributed by atoms with van der Waals surface area (Å²) in [6.07, 6.45) is 3.48. The van der Waals surface area contributed by atoms with Crippen LogP contribution in [0.2, 0.25) is 0 Å². The molecule has 4 heteroatoms. The van der Waals surface area contributed by atoms with Crippen LogP contribution in [-0.2, 0) is 6.42 Å². The third kappa shape index (κ3) is 2.34. The highest BCUT2D eigenvalue weighted by atomic mass is 16.2. The molecule has 0 aliphatic heterocycles. The predicted octanol–water partition coefficient (Wildman–Crippen LogP) is 1.72. The van der Waals surface area contributed by atoms with Gasteiger partial charge in [0, 0.05) is 19.2 Å². The van der Waals surface area contributed by atoms with Crippen molar-refractivity contribution in [1.82, 2.24) is 14.9 Å². The number of aryl methyl sites for hydroxylation is 2. The molecule has 78 valence electrons. The van der Waals surface area contributed by atoms with E-state index in [0.717, 1.165) is 24.4 Å². The Balaban J connectivity index is 2.77. The van der Waals surface area contributed by atoms with Gasteiger partial charge in [-0.3, -0.25) is 4.57 Å². The minimum absolute atomic E-state index is 0.0794. The van der Waals surface area contributed by atoms with E-state index in [0.29, 0.717) is 6.54 Å². The Kier molecular flexibility index (Phi) is 3.68. The number of nitrogens with zero attached hydrogens (tertiary/aromatic N) is 2. The molecule has 1 heterocycles. The number of aromatic nitrogens is 2. The molecule has 1 rings (SSSR count). The maximum absolute atomic E-state index is 11.6. The van der Waals surface area contributed by atoms with Crippen LogP contribution in [0.15, 0.2) is 6.20 Å². The summed E-state index contributed by atoms with van der Waals surface area (Å²) in [6.45, 7) is 6.62. The standard InChI is InChI=1S/C10H17N3O/c1-4-6-11-10(14)13-7-8(3)12-9(13)5-2/h7H,4-6H2,1-3H3,(H,11,14). The van der Waals surface area contributed by atoms with Crippen molar-refractivity contribution in [3.8, 4) is 0 Å². The van der Waals surface area contributed by atoms with Gasteiger partial charge in [0.1, 0.15) is 5.82 Å². The summed E-state index contributed by atoms with van der Waals surface area (Å²) >= 11 is 0. The first kappa shape index (κ1) is 10.8. The van der Waals surface area contributed by atoms with Gasteiger partial charge in [0.15, 0.2) is 0 Å². The lowest BCUT2D eigenvalue weighted by Crippen LogP contribution is -2.29. The Bertz CT molecular complexity index is 317. The van der Waals surface area contributed by atoms with E-state index >= 15 is 0 Å². The number of carbonyl (C=O) groups is 1. The second-order valence-electron chi connectivity index (χ2n) is 3.25. The van der Waals surface area contributed by atoms with Crippen LogP contribution in [0.1, 0.15) is 31.8 Å². The minimum Gasteiger partial charge on any atom is -0.337 e. The number of imidazole rings is 1. The highest BCUT2D eigenvalue weighted by Gasteiger charge is 2.09. The van der Waals surface area contributed by atoms with E-state index in [1.807, 2.05) is 20.8 Å². The maximum atomic E-state index is 11.6. The first-order valence-electron chi connectivity index (χ1n) is 5.02. The first-order chi connectivity index (χ1) is 6.69. The van der Waals surface area contributed by atoms with Gasteiger partial charge in [-0.05, 0) is 13.3 Å². The Hall–Kier alpha value is -1.32. The van der Waals surface area contributed by atoms with Gasteiger partial charge in [0.2, 0.25) is 0 Å². The molecule has 0 aliphatic rings. The summed E-state index contributed by atoms with van der Waals surface area (Å²) < 4.78 is 1.59. The van der Waals surface area contributed by atoms with Gasteiger partial charge in [-0.25, -0.2) is 9.78 Å². The third-order valence-electron chi connectivity index (χ3n) is 1.96. The second-order valence-corrected chi connectivity index (χ2v) is 3.25. The molecule has 0 aromatic carbocycles. The molecule has 0 saturated heterocycles. The van der Waals surface area contributed by atoms with Crippen LogP contribution >= 0.6 is 0 Å². The quantitative estimate of drug-likeness (QED) is 0.798. The molecule has 0 unspecified atom stereocenters. The van der Waals surface area contributed by atoms with E-state index in [1.54, 1.807) is 10.8 Å². The van der Waals surface area contributed by atoms with Gasteiger partial charge in [-0.1, -0.05) is 13.8 Å². The molecule has 0 bridgehead atoms. The number of amides is 1. The number of hydrogen-bond donors (Lipinski definition) is 1. The van der Waals surface area contributed by atoms with E-state index in [9.17, 15) is 4.79 Å². The van der Waals surface area contributed by atoms with Crippen LogP contribution in [0.4, 0.5) is 4.79 Å². The summed E-state index contributed by atoms with van der Waals surface area (Å²) in [5.74, 6) is 0.816. The van der Waals surface area contributed by atoms with Gasteiger partial charge in [0.05, 0.1) is 5.69 Å². The number of carbonyl (C=O) groups excluding carboxylic acids is 1. The molecule has 1 N–H and O–H groups in total. The zero-order valence-corrected chi connectivity index (χ0v) is 9.00. The highest BCUT2D eigenvalue weighted by Crippen LogP contribution is 2.02. The predicted molar refractivity (Wildman–Crippen MR) is 55.4 cm³/mol. The van der Waals surface area contributed by atoms with E-state index in [-0.39, 0.29) is 6.03 Å². The third-order valence-corrected chi connectivity index (χ3v) is 1.96. The smallest absolute Gasteiger partial charge is 0.327 e. The van der Waals surface area contributed by atoms with Gasteiger partial charge in [0.25, 0.3) is 0 Å². The fraction of sp³-hybridized carbons (Fsp3) is 0.600. The molecule has 0 atom stereocenters.